The zero-order valence-corrected chi connectivity index (χ0v) is 23.4. The van der Waals surface area contributed by atoms with E-state index in [0.717, 1.165) is 12.8 Å². The molecular weight excluding hydrogens is 530 g/mol. The molecule has 13 heteroatoms. The van der Waals surface area contributed by atoms with Gasteiger partial charge in [-0.15, -0.1) is 0 Å². The first-order chi connectivity index (χ1) is 18.5. The van der Waals surface area contributed by atoms with Crippen LogP contribution in [0.4, 0.5) is 13.6 Å². The van der Waals surface area contributed by atoms with Gasteiger partial charge in [0.25, 0.3) is 5.91 Å². The van der Waals surface area contributed by atoms with Crippen molar-refractivity contribution in [2.75, 3.05) is 19.8 Å². The number of nitrogens with zero attached hydrogens (tertiary/aromatic N) is 1. The average Bonchev–Trinajstić information content (AvgIpc) is 3.72. The number of fused-ring (bicyclic) bond motifs is 3. The van der Waals surface area contributed by atoms with Crippen molar-refractivity contribution in [3.05, 3.63) is 0 Å². The Morgan fingerprint density at radius 1 is 1.05 bits per heavy atom. The predicted molar refractivity (Wildman–Crippen MR) is 137 cm³/mol. The van der Waals surface area contributed by atoms with Crippen LogP contribution in [-0.2, 0) is 23.9 Å². The minimum absolute atomic E-state index is 0.0196. The molecule has 5 atom stereocenters. The minimum atomic E-state index is -3.12. The monoisotopic (exact) mass is 570 g/mol. The highest BCUT2D eigenvalue weighted by Crippen LogP contribution is 2.70. The van der Waals surface area contributed by atoms with E-state index in [-0.39, 0.29) is 29.8 Å². The molecule has 2 saturated heterocycles. The summed E-state index contributed by atoms with van der Waals surface area (Å²) < 4.78 is 33.0. The van der Waals surface area contributed by atoms with Crippen molar-refractivity contribution >= 4 is 29.6 Å². The molecule has 2 aliphatic heterocycles. The Morgan fingerprint density at radius 2 is 1.68 bits per heavy atom. The van der Waals surface area contributed by atoms with Gasteiger partial charge in [0.15, 0.2) is 0 Å². The SMILES string of the molecule is CC(F)(F)CCC(NC(=O)[C@@H]1[C@@H]2[C@H](CN1C(=O)C(NC(=O)O)C(C)(C)C)C21CCOCC1)C(=O)C(=O)NC1CC1. The number of nitrogens with one attached hydrogen (secondary N) is 3. The molecule has 0 bridgehead atoms. The topological polar surface area (TPSA) is 154 Å². The van der Waals surface area contributed by atoms with E-state index in [1.165, 1.54) is 4.90 Å². The maximum atomic E-state index is 13.9. The number of likely N-dealkylation sites (tertiary alicyclic amines) is 1. The van der Waals surface area contributed by atoms with Gasteiger partial charge in [-0.1, -0.05) is 20.8 Å². The third-order valence-electron chi connectivity index (χ3n) is 8.79. The molecule has 2 saturated carbocycles. The highest BCUT2D eigenvalue weighted by molar-refractivity contribution is 6.38. The minimum Gasteiger partial charge on any atom is -0.465 e. The predicted octanol–water partition coefficient (Wildman–Crippen LogP) is 1.69. The summed E-state index contributed by atoms with van der Waals surface area (Å²) in [6.45, 7) is 7.05. The summed E-state index contributed by atoms with van der Waals surface area (Å²) in [5.74, 6) is -6.61. The van der Waals surface area contributed by atoms with Gasteiger partial charge in [0, 0.05) is 32.2 Å². The molecule has 0 aromatic carbocycles. The zero-order valence-electron chi connectivity index (χ0n) is 23.4. The van der Waals surface area contributed by atoms with Gasteiger partial charge in [-0.05, 0) is 61.7 Å². The number of rotatable bonds is 10. The smallest absolute Gasteiger partial charge is 0.405 e. The van der Waals surface area contributed by atoms with Crippen molar-refractivity contribution in [3.8, 4) is 0 Å². The molecule has 2 aliphatic carbocycles. The van der Waals surface area contributed by atoms with Gasteiger partial charge in [-0.2, -0.15) is 0 Å². The van der Waals surface area contributed by atoms with Crippen LogP contribution in [0.5, 0.6) is 0 Å². The standard InChI is InChI=1S/C27H40F2N4O7/c1-25(2,3)20(32-24(38)39)23(37)33-13-15-17(27(15)9-11-40-12-10-27)18(33)21(35)31-16(7-8-26(4,28)29)19(34)22(36)30-14-5-6-14/h14-18,20,32H,5-13H2,1-4H3,(H,30,36)(H,31,35)(H,38,39)/t15-,16?,17-,18-,20?/m0/s1. The molecule has 2 unspecified atom stereocenters. The van der Waals surface area contributed by atoms with Gasteiger partial charge in [-0.25, -0.2) is 13.6 Å². The van der Waals surface area contributed by atoms with Gasteiger partial charge in [0.2, 0.25) is 23.5 Å². The molecular formula is C27H40F2N4O7. The lowest BCUT2D eigenvalue weighted by Gasteiger charge is -2.39. The molecule has 1 spiro atoms. The lowest BCUT2D eigenvalue weighted by Crippen LogP contribution is -2.60. The second-order valence-electron chi connectivity index (χ2n) is 12.9. The summed E-state index contributed by atoms with van der Waals surface area (Å²) in [5, 5.41) is 16.7. The van der Waals surface area contributed by atoms with Crippen LogP contribution in [0.2, 0.25) is 0 Å². The van der Waals surface area contributed by atoms with Crippen LogP contribution in [0.15, 0.2) is 0 Å². The first-order valence-corrected chi connectivity index (χ1v) is 14.0. The number of alkyl halides is 2. The third-order valence-corrected chi connectivity index (χ3v) is 8.79. The number of Topliss-reactive ketones (excluding diaryl/α,β-unsaturated/α-hetero) is 1. The van der Waals surface area contributed by atoms with Crippen LogP contribution in [-0.4, -0.2) is 89.5 Å². The van der Waals surface area contributed by atoms with E-state index in [0.29, 0.717) is 33.0 Å². The third kappa shape index (κ3) is 6.39. The van der Waals surface area contributed by atoms with Crippen LogP contribution in [0, 0.1) is 22.7 Å². The second-order valence-corrected chi connectivity index (χ2v) is 12.9. The molecule has 4 rings (SSSR count). The summed E-state index contributed by atoms with van der Waals surface area (Å²) in [7, 11) is 0. The average molecular weight is 571 g/mol. The Balaban J connectivity index is 1.59. The lowest BCUT2D eigenvalue weighted by atomic mass is 9.84. The molecule has 40 heavy (non-hydrogen) atoms. The number of hydrogen-bond acceptors (Lipinski definition) is 6. The van der Waals surface area contributed by atoms with Gasteiger partial charge >= 0.3 is 6.09 Å². The van der Waals surface area contributed by atoms with Crippen LogP contribution in [0.1, 0.15) is 66.2 Å². The molecule has 4 fully saturated rings. The fourth-order valence-corrected chi connectivity index (χ4v) is 6.45. The van der Waals surface area contributed by atoms with Crippen molar-refractivity contribution in [2.45, 2.75) is 96.3 Å². The Morgan fingerprint density at radius 3 is 2.20 bits per heavy atom. The number of carboxylic acid groups (broad SMARTS) is 1. The fourth-order valence-electron chi connectivity index (χ4n) is 6.45. The number of piperidine rings is 1. The highest BCUT2D eigenvalue weighted by Gasteiger charge is 2.74. The number of carbonyl (C=O) groups excluding carboxylic acids is 4. The first-order valence-electron chi connectivity index (χ1n) is 14.0. The van der Waals surface area contributed by atoms with E-state index >= 15 is 0 Å². The normalized spacial score (nSPS) is 26.9. The van der Waals surface area contributed by atoms with E-state index in [1.54, 1.807) is 20.8 Å². The molecule has 0 aromatic rings. The van der Waals surface area contributed by atoms with E-state index in [4.69, 9.17) is 4.74 Å². The number of amides is 4. The molecule has 0 radical (unpaired) electrons. The molecule has 4 aliphatic rings. The Bertz CT molecular complexity index is 1050. The summed E-state index contributed by atoms with van der Waals surface area (Å²) in [6.07, 6.45) is 0.261. The fraction of sp³-hybridized carbons (Fsp3) is 0.815. The van der Waals surface area contributed by atoms with E-state index in [2.05, 4.69) is 16.0 Å². The van der Waals surface area contributed by atoms with Crippen molar-refractivity contribution in [1.29, 1.82) is 0 Å². The van der Waals surface area contributed by atoms with Crippen LogP contribution >= 0.6 is 0 Å². The van der Waals surface area contributed by atoms with E-state index < -0.39 is 71.9 Å². The molecule has 4 amide bonds. The first kappa shape index (κ1) is 30.1. The quantitative estimate of drug-likeness (QED) is 0.292. The van der Waals surface area contributed by atoms with Gasteiger partial charge in [0.1, 0.15) is 12.1 Å². The maximum absolute atomic E-state index is 13.9. The Labute approximate surface area is 232 Å². The highest BCUT2D eigenvalue weighted by atomic mass is 19.3. The van der Waals surface area contributed by atoms with Crippen molar-refractivity contribution in [1.82, 2.24) is 20.9 Å². The maximum Gasteiger partial charge on any atom is 0.405 e. The summed E-state index contributed by atoms with van der Waals surface area (Å²) in [6, 6.07) is -3.82. The number of carbonyl (C=O) groups is 5. The summed E-state index contributed by atoms with van der Waals surface area (Å²) >= 11 is 0. The van der Waals surface area contributed by atoms with Crippen LogP contribution in [0.3, 0.4) is 0 Å². The molecule has 11 nitrogen and oxygen atoms in total. The molecule has 224 valence electrons. The Kier molecular flexibility index (Phi) is 8.19. The summed E-state index contributed by atoms with van der Waals surface area (Å²) in [4.78, 5) is 66.0. The molecule has 0 aromatic heterocycles. The summed E-state index contributed by atoms with van der Waals surface area (Å²) in [5.41, 5.74) is -1.04. The van der Waals surface area contributed by atoms with Crippen LogP contribution in [0.25, 0.3) is 0 Å². The van der Waals surface area contributed by atoms with Gasteiger partial charge in [0.05, 0.1) is 6.04 Å². The van der Waals surface area contributed by atoms with E-state index in [9.17, 15) is 37.9 Å². The van der Waals surface area contributed by atoms with Gasteiger partial charge in [-0.3, -0.25) is 19.2 Å². The van der Waals surface area contributed by atoms with E-state index in [1.807, 2.05) is 0 Å². The van der Waals surface area contributed by atoms with Crippen molar-refractivity contribution < 1.29 is 42.6 Å². The molecule has 4 N–H and O–H groups in total. The largest absolute Gasteiger partial charge is 0.465 e. The lowest BCUT2D eigenvalue weighted by molar-refractivity contribution is -0.146. The number of ketones is 1. The molecule has 2 heterocycles. The number of hydrogen-bond donors (Lipinski definition) is 4. The Hall–Kier alpha value is -2.83. The van der Waals surface area contributed by atoms with Crippen LogP contribution < -0.4 is 16.0 Å². The number of ether oxygens (including phenoxy) is 1. The van der Waals surface area contributed by atoms with Gasteiger partial charge < -0.3 is 30.7 Å². The zero-order chi connectivity index (χ0) is 29.6. The second kappa shape index (κ2) is 10.9. The van der Waals surface area contributed by atoms with Crippen molar-refractivity contribution in [3.63, 3.8) is 0 Å². The number of halogens is 2. The van der Waals surface area contributed by atoms with Crippen molar-refractivity contribution in [2.24, 2.45) is 22.7 Å².